The summed E-state index contributed by atoms with van der Waals surface area (Å²) >= 11 is 1.41. The Hall–Kier alpha value is -0.900. The van der Waals surface area contributed by atoms with Crippen LogP contribution in [0.1, 0.15) is 29.1 Å². The first kappa shape index (κ1) is 8.69. The minimum absolute atomic E-state index is 0.0692. The average molecular weight is 196 g/mol. The predicted octanol–water partition coefficient (Wildman–Crippen LogP) is 1.77. The normalized spacial score (nSPS) is 16.7. The molecule has 0 spiro atoms. The van der Waals surface area contributed by atoms with Gasteiger partial charge in [-0.2, -0.15) is 0 Å². The molecule has 0 unspecified atom stereocenters. The molecule has 1 amide bonds. The minimum atomic E-state index is 0.0692. The maximum absolute atomic E-state index is 11.7. The molecule has 1 saturated carbocycles. The SMILES string of the molecule is CN(C(=O)c1nccs1)C1CCC1. The van der Waals surface area contributed by atoms with E-state index in [1.165, 1.54) is 17.8 Å². The van der Waals surface area contributed by atoms with Crippen LogP contribution in [0.2, 0.25) is 0 Å². The standard InChI is InChI=1S/C9H12N2OS/c1-11(7-3-2-4-7)9(12)8-10-5-6-13-8/h5-7H,2-4H2,1H3. The van der Waals surface area contributed by atoms with Crippen molar-refractivity contribution in [3.05, 3.63) is 16.6 Å². The van der Waals surface area contributed by atoms with Gasteiger partial charge in [0.15, 0.2) is 5.01 Å². The van der Waals surface area contributed by atoms with Gasteiger partial charge in [-0.15, -0.1) is 11.3 Å². The smallest absolute Gasteiger partial charge is 0.282 e. The zero-order valence-corrected chi connectivity index (χ0v) is 8.38. The van der Waals surface area contributed by atoms with E-state index >= 15 is 0 Å². The van der Waals surface area contributed by atoms with Crippen molar-refractivity contribution in [1.29, 1.82) is 0 Å². The van der Waals surface area contributed by atoms with Crippen LogP contribution < -0.4 is 0 Å². The Morgan fingerprint density at radius 2 is 2.46 bits per heavy atom. The molecule has 4 heteroatoms. The first-order valence-corrected chi connectivity index (χ1v) is 5.33. The summed E-state index contributed by atoms with van der Waals surface area (Å²) in [5.41, 5.74) is 0. The van der Waals surface area contributed by atoms with Crippen molar-refractivity contribution >= 4 is 17.2 Å². The largest absolute Gasteiger partial charge is 0.337 e. The number of hydrogen-bond acceptors (Lipinski definition) is 3. The van der Waals surface area contributed by atoms with Crippen molar-refractivity contribution in [3.8, 4) is 0 Å². The molecule has 1 fully saturated rings. The molecule has 70 valence electrons. The van der Waals surface area contributed by atoms with E-state index in [9.17, 15) is 4.79 Å². The predicted molar refractivity (Wildman–Crippen MR) is 51.8 cm³/mol. The maximum Gasteiger partial charge on any atom is 0.282 e. The summed E-state index contributed by atoms with van der Waals surface area (Å²) in [5.74, 6) is 0.0692. The van der Waals surface area contributed by atoms with Crippen molar-refractivity contribution in [2.75, 3.05) is 7.05 Å². The number of amides is 1. The number of hydrogen-bond donors (Lipinski definition) is 0. The highest BCUT2D eigenvalue weighted by Crippen LogP contribution is 2.24. The van der Waals surface area contributed by atoms with Crippen LogP contribution in [-0.4, -0.2) is 28.9 Å². The van der Waals surface area contributed by atoms with E-state index in [2.05, 4.69) is 4.98 Å². The first-order chi connectivity index (χ1) is 6.29. The second kappa shape index (κ2) is 3.46. The molecule has 1 aliphatic rings. The molecule has 13 heavy (non-hydrogen) atoms. The third-order valence-corrected chi connectivity index (χ3v) is 3.32. The summed E-state index contributed by atoms with van der Waals surface area (Å²) in [6.07, 6.45) is 5.22. The van der Waals surface area contributed by atoms with Gasteiger partial charge in [-0.1, -0.05) is 0 Å². The first-order valence-electron chi connectivity index (χ1n) is 4.45. The van der Waals surface area contributed by atoms with E-state index in [1.54, 1.807) is 6.20 Å². The molecule has 2 rings (SSSR count). The number of aromatic nitrogens is 1. The molecule has 0 atom stereocenters. The summed E-state index contributed by atoms with van der Waals surface area (Å²) in [7, 11) is 1.87. The number of nitrogens with zero attached hydrogens (tertiary/aromatic N) is 2. The van der Waals surface area contributed by atoms with Crippen molar-refractivity contribution in [2.24, 2.45) is 0 Å². The van der Waals surface area contributed by atoms with Gasteiger partial charge >= 0.3 is 0 Å². The van der Waals surface area contributed by atoms with Gasteiger partial charge in [0.2, 0.25) is 0 Å². The summed E-state index contributed by atoms with van der Waals surface area (Å²) in [6, 6.07) is 0.455. The van der Waals surface area contributed by atoms with Gasteiger partial charge in [0, 0.05) is 24.7 Å². The molecule has 0 bridgehead atoms. The van der Waals surface area contributed by atoms with Crippen LogP contribution in [0.25, 0.3) is 0 Å². The van der Waals surface area contributed by atoms with Crippen LogP contribution in [0.15, 0.2) is 11.6 Å². The van der Waals surface area contributed by atoms with Crippen LogP contribution in [0.5, 0.6) is 0 Å². The molecular formula is C9H12N2OS. The fraction of sp³-hybridized carbons (Fsp3) is 0.556. The lowest BCUT2D eigenvalue weighted by Gasteiger charge is -2.34. The molecule has 0 saturated heterocycles. The molecule has 0 N–H and O–H groups in total. The molecule has 1 aromatic heterocycles. The number of carbonyl (C=O) groups is 1. The molecule has 0 aliphatic heterocycles. The topological polar surface area (TPSA) is 33.2 Å². The molecule has 0 radical (unpaired) electrons. The van der Waals surface area contributed by atoms with Crippen LogP contribution in [-0.2, 0) is 0 Å². The zero-order chi connectivity index (χ0) is 9.26. The van der Waals surface area contributed by atoms with Gasteiger partial charge in [-0.05, 0) is 19.3 Å². The minimum Gasteiger partial charge on any atom is -0.337 e. The quantitative estimate of drug-likeness (QED) is 0.722. The van der Waals surface area contributed by atoms with E-state index in [-0.39, 0.29) is 5.91 Å². The van der Waals surface area contributed by atoms with Crippen molar-refractivity contribution in [1.82, 2.24) is 9.88 Å². The second-order valence-electron chi connectivity index (χ2n) is 3.34. The lowest BCUT2D eigenvalue weighted by atomic mass is 9.92. The Morgan fingerprint density at radius 1 is 1.69 bits per heavy atom. The van der Waals surface area contributed by atoms with Crippen LogP contribution in [0.3, 0.4) is 0 Å². The van der Waals surface area contributed by atoms with E-state index in [1.807, 2.05) is 17.3 Å². The second-order valence-corrected chi connectivity index (χ2v) is 4.23. The van der Waals surface area contributed by atoms with Gasteiger partial charge in [-0.3, -0.25) is 4.79 Å². The van der Waals surface area contributed by atoms with Crippen molar-refractivity contribution in [3.63, 3.8) is 0 Å². The molecule has 1 aromatic rings. The highest BCUT2D eigenvalue weighted by molar-refractivity contribution is 7.11. The lowest BCUT2D eigenvalue weighted by molar-refractivity contribution is 0.0651. The Labute approximate surface area is 81.4 Å². The van der Waals surface area contributed by atoms with Gasteiger partial charge in [-0.25, -0.2) is 4.98 Å². The molecule has 0 aromatic carbocycles. The van der Waals surface area contributed by atoms with Gasteiger partial charge in [0.1, 0.15) is 0 Å². The fourth-order valence-corrected chi connectivity index (χ4v) is 2.04. The number of thiazole rings is 1. The van der Waals surface area contributed by atoms with E-state index < -0.39 is 0 Å². The summed E-state index contributed by atoms with van der Waals surface area (Å²) < 4.78 is 0. The van der Waals surface area contributed by atoms with Gasteiger partial charge in [0.25, 0.3) is 5.91 Å². The highest BCUT2D eigenvalue weighted by atomic mass is 32.1. The monoisotopic (exact) mass is 196 g/mol. The maximum atomic E-state index is 11.7. The summed E-state index contributed by atoms with van der Waals surface area (Å²) in [6.45, 7) is 0. The van der Waals surface area contributed by atoms with Gasteiger partial charge < -0.3 is 4.90 Å². The lowest BCUT2D eigenvalue weighted by Crippen LogP contribution is -2.41. The van der Waals surface area contributed by atoms with E-state index in [4.69, 9.17) is 0 Å². The average Bonchev–Trinajstić information content (AvgIpc) is 2.51. The highest BCUT2D eigenvalue weighted by Gasteiger charge is 2.27. The fourth-order valence-electron chi connectivity index (χ4n) is 1.42. The molecule has 1 heterocycles. The number of carbonyl (C=O) groups excluding carboxylic acids is 1. The van der Waals surface area contributed by atoms with Crippen molar-refractivity contribution < 1.29 is 4.79 Å². The third-order valence-electron chi connectivity index (χ3n) is 2.56. The molecule has 1 aliphatic carbocycles. The summed E-state index contributed by atoms with van der Waals surface area (Å²) in [4.78, 5) is 17.5. The van der Waals surface area contributed by atoms with E-state index in [0.29, 0.717) is 11.0 Å². The summed E-state index contributed by atoms with van der Waals surface area (Å²) in [5, 5.41) is 2.44. The van der Waals surface area contributed by atoms with Gasteiger partial charge in [0.05, 0.1) is 0 Å². The Bertz CT molecular complexity index is 293. The third kappa shape index (κ3) is 1.58. The Balaban J connectivity index is 2.04. The number of rotatable bonds is 2. The molecule has 3 nitrogen and oxygen atoms in total. The molecular weight excluding hydrogens is 184 g/mol. The van der Waals surface area contributed by atoms with Crippen molar-refractivity contribution in [2.45, 2.75) is 25.3 Å². The zero-order valence-electron chi connectivity index (χ0n) is 7.56. The Kier molecular flexibility index (Phi) is 2.31. The van der Waals surface area contributed by atoms with Crippen LogP contribution >= 0.6 is 11.3 Å². The van der Waals surface area contributed by atoms with Crippen LogP contribution in [0, 0.1) is 0 Å². The van der Waals surface area contributed by atoms with Crippen LogP contribution in [0.4, 0.5) is 0 Å². The Morgan fingerprint density at radius 3 is 2.92 bits per heavy atom. The van der Waals surface area contributed by atoms with E-state index in [0.717, 1.165) is 12.8 Å².